The van der Waals surface area contributed by atoms with Crippen LogP contribution in [-0.4, -0.2) is 39.3 Å². The number of rotatable bonds is 4. The van der Waals surface area contributed by atoms with Crippen molar-refractivity contribution in [2.45, 2.75) is 59.0 Å². The number of carbonyl (C=O) groups is 2. The van der Waals surface area contributed by atoms with Crippen molar-refractivity contribution in [3.63, 3.8) is 0 Å². The summed E-state index contributed by atoms with van der Waals surface area (Å²) in [5.41, 5.74) is 2.76. The van der Waals surface area contributed by atoms with Crippen molar-refractivity contribution in [2.24, 2.45) is 0 Å². The monoisotopic (exact) mass is 519 g/mol. The summed E-state index contributed by atoms with van der Waals surface area (Å²) in [5, 5.41) is 1.92. The minimum atomic E-state index is -4.22. The van der Waals surface area contributed by atoms with Crippen LogP contribution in [-0.2, 0) is 43.5 Å². The summed E-state index contributed by atoms with van der Waals surface area (Å²) in [6.45, 7) is 6.50. The van der Waals surface area contributed by atoms with E-state index < -0.39 is 11.7 Å². The highest BCUT2D eigenvalue weighted by atomic mass is 32.1. The van der Waals surface area contributed by atoms with Gasteiger partial charge in [-0.05, 0) is 37.0 Å². The molecule has 2 aliphatic rings. The third-order valence-corrected chi connectivity index (χ3v) is 7.27. The van der Waals surface area contributed by atoms with E-state index in [-0.39, 0.29) is 11.7 Å². The van der Waals surface area contributed by atoms with Crippen molar-refractivity contribution in [3.05, 3.63) is 74.5 Å². The molecule has 4 heterocycles. The summed E-state index contributed by atoms with van der Waals surface area (Å²) < 4.78 is 43.9. The molecule has 1 aromatic carbocycles. The molecule has 0 radical (unpaired) electrons. The van der Waals surface area contributed by atoms with E-state index in [4.69, 9.17) is 4.74 Å². The Kier molecular flexibility index (Phi) is 7.94. The summed E-state index contributed by atoms with van der Waals surface area (Å²) in [4.78, 5) is 31.8. The molecule has 36 heavy (non-hydrogen) atoms. The van der Waals surface area contributed by atoms with E-state index in [1.807, 2.05) is 21.8 Å². The second kappa shape index (κ2) is 11.0. The zero-order valence-corrected chi connectivity index (χ0v) is 21.0. The van der Waals surface area contributed by atoms with Gasteiger partial charge < -0.3 is 14.2 Å². The number of ether oxygens (including phenoxy) is 1. The number of aryl methyl sites for hydroxylation is 1. The second-order valence-electron chi connectivity index (χ2n) is 8.80. The lowest BCUT2D eigenvalue weighted by molar-refractivity contribution is -0.137. The number of ketones is 1. The molecule has 0 N–H and O–H groups in total. The fraction of sp³-hybridized carbons (Fsp3) is 0.423. The van der Waals surface area contributed by atoms with E-state index in [1.165, 1.54) is 12.1 Å². The van der Waals surface area contributed by atoms with Crippen LogP contribution < -0.4 is 0 Å². The third kappa shape index (κ3) is 5.70. The van der Waals surface area contributed by atoms with Crippen LogP contribution in [0.25, 0.3) is 0 Å². The predicted molar refractivity (Wildman–Crippen MR) is 130 cm³/mol. The maximum Gasteiger partial charge on any atom is 0.416 e. The van der Waals surface area contributed by atoms with E-state index in [1.54, 1.807) is 30.5 Å². The Morgan fingerprint density at radius 1 is 1.22 bits per heavy atom. The van der Waals surface area contributed by atoms with Gasteiger partial charge in [0.25, 0.3) is 5.91 Å². The lowest BCUT2D eigenvalue weighted by Gasteiger charge is -2.28. The van der Waals surface area contributed by atoms with Gasteiger partial charge in [-0.15, -0.1) is 11.3 Å². The molecule has 2 aromatic heterocycles. The number of hydrogen-bond donors (Lipinski definition) is 0. The van der Waals surface area contributed by atoms with Gasteiger partial charge in [-0.1, -0.05) is 31.5 Å². The third-order valence-electron chi connectivity index (χ3n) is 6.25. The first-order chi connectivity index (χ1) is 17.2. The average molecular weight is 520 g/mol. The Morgan fingerprint density at radius 3 is 2.75 bits per heavy atom. The Balaban J connectivity index is 0.000000200. The van der Waals surface area contributed by atoms with Crippen molar-refractivity contribution in [1.82, 2.24) is 14.5 Å². The van der Waals surface area contributed by atoms with E-state index >= 15 is 0 Å². The predicted octanol–water partition coefficient (Wildman–Crippen LogP) is 5.53. The molecule has 0 saturated heterocycles. The van der Waals surface area contributed by atoms with Crippen molar-refractivity contribution < 1.29 is 27.5 Å². The van der Waals surface area contributed by atoms with E-state index in [2.05, 4.69) is 4.98 Å². The molecule has 192 valence electrons. The van der Waals surface area contributed by atoms with Gasteiger partial charge in [-0.2, -0.15) is 13.2 Å². The average Bonchev–Trinajstić information content (AvgIpc) is 3.48. The number of thiophene rings is 1. The van der Waals surface area contributed by atoms with Crippen LogP contribution in [0.2, 0.25) is 0 Å². The van der Waals surface area contributed by atoms with Crippen LogP contribution in [0.3, 0.4) is 0 Å². The van der Waals surface area contributed by atoms with Gasteiger partial charge in [0.2, 0.25) is 0 Å². The van der Waals surface area contributed by atoms with Crippen LogP contribution in [0.15, 0.2) is 35.8 Å². The molecule has 5 rings (SSSR count). The molecule has 0 saturated carbocycles. The minimum Gasteiger partial charge on any atom is -0.372 e. The molecule has 6 nitrogen and oxygen atoms in total. The number of benzene rings is 1. The highest BCUT2D eigenvalue weighted by molar-refractivity contribution is 7.10. The zero-order chi connectivity index (χ0) is 25.9. The van der Waals surface area contributed by atoms with E-state index in [0.717, 1.165) is 46.3 Å². The summed E-state index contributed by atoms with van der Waals surface area (Å²) >= 11 is 1.57. The molecular weight excluding hydrogens is 491 g/mol. The molecule has 1 amide bonds. The first kappa shape index (κ1) is 26.1. The molecule has 0 atom stereocenters. The summed E-state index contributed by atoms with van der Waals surface area (Å²) in [7, 11) is 0. The van der Waals surface area contributed by atoms with Gasteiger partial charge in [0, 0.05) is 28.9 Å². The number of hydrogen-bond acceptors (Lipinski definition) is 5. The molecular formula is C26H28F3N3O3S. The lowest BCUT2D eigenvalue weighted by Crippen LogP contribution is -2.37. The number of aromatic nitrogens is 2. The van der Waals surface area contributed by atoms with Gasteiger partial charge in [0.15, 0.2) is 5.78 Å². The molecule has 10 heteroatoms. The summed E-state index contributed by atoms with van der Waals surface area (Å²) in [6, 6.07) is 5.48. The van der Waals surface area contributed by atoms with Crippen molar-refractivity contribution in [1.29, 1.82) is 0 Å². The number of fused-ring (bicyclic) bond motifs is 2. The van der Waals surface area contributed by atoms with Gasteiger partial charge in [0.1, 0.15) is 18.1 Å². The van der Waals surface area contributed by atoms with Crippen molar-refractivity contribution in [2.75, 3.05) is 13.2 Å². The van der Waals surface area contributed by atoms with Crippen LogP contribution >= 0.6 is 11.3 Å². The molecule has 3 aromatic rings. The van der Waals surface area contributed by atoms with E-state index in [0.29, 0.717) is 45.0 Å². The van der Waals surface area contributed by atoms with Crippen LogP contribution in [0.4, 0.5) is 13.2 Å². The minimum absolute atomic E-state index is 0.00840. The fourth-order valence-electron chi connectivity index (χ4n) is 4.42. The number of alkyl halides is 3. The Hall–Kier alpha value is -2.98. The zero-order valence-electron chi connectivity index (χ0n) is 20.2. The lowest BCUT2D eigenvalue weighted by atomic mass is 10.0. The molecule has 0 aliphatic carbocycles. The smallest absolute Gasteiger partial charge is 0.372 e. The number of imidazole rings is 1. The largest absolute Gasteiger partial charge is 0.416 e. The highest BCUT2D eigenvalue weighted by Crippen LogP contribution is 2.31. The van der Waals surface area contributed by atoms with Crippen LogP contribution in [0, 0.1) is 0 Å². The number of amides is 1. The number of carbonyl (C=O) groups excluding carboxylic acids is 2. The quantitative estimate of drug-likeness (QED) is 0.425. The number of nitrogens with zero attached hydrogens (tertiary/aromatic N) is 3. The number of Topliss-reactive ketones (excluding diaryl/α,β-unsaturated/α-hetero) is 1. The normalized spacial score (nSPS) is 15.0. The number of halogens is 3. The van der Waals surface area contributed by atoms with Gasteiger partial charge >= 0.3 is 6.18 Å². The standard InChI is InChI=1S/C16H17N3O3S.C10H11F3/c1-10(20)12-9-23-14-7-18(3-2-11(12)14)16(21)13-6-17-15-8-22-5-4-19(13)15;1-2-4-8-5-3-6-9(7-8)10(11,12)13/h6,9H,2-5,7-8H2,1H3;3,5-7H,2,4H2,1H3. The Bertz CT molecular complexity index is 1250. The first-order valence-electron chi connectivity index (χ1n) is 11.9. The van der Waals surface area contributed by atoms with Crippen LogP contribution in [0.5, 0.6) is 0 Å². The SMILES string of the molecule is CC(=O)c1csc2c1CCN(C(=O)c1cnc3n1CCOC3)C2.CCCc1cccc(C(F)(F)F)c1. The van der Waals surface area contributed by atoms with Crippen molar-refractivity contribution in [3.8, 4) is 0 Å². The van der Waals surface area contributed by atoms with Gasteiger partial charge in [-0.25, -0.2) is 4.98 Å². The maximum atomic E-state index is 12.8. The molecule has 0 unspecified atom stereocenters. The molecule has 0 fully saturated rings. The first-order valence-corrected chi connectivity index (χ1v) is 12.7. The topological polar surface area (TPSA) is 64.4 Å². The maximum absolute atomic E-state index is 12.8. The Morgan fingerprint density at radius 2 is 2.03 bits per heavy atom. The summed E-state index contributed by atoms with van der Waals surface area (Å²) in [6.07, 6.45) is -0.268. The van der Waals surface area contributed by atoms with Crippen LogP contribution in [0.1, 0.15) is 68.5 Å². The highest BCUT2D eigenvalue weighted by Gasteiger charge is 2.30. The van der Waals surface area contributed by atoms with Gasteiger partial charge in [0.05, 0.1) is 24.9 Å². The molecule has 2 aliphatic heterocycles. The molecule has 0 bridgehead atoms. The van der Waals surface area contributed by atoms with E-state index in [9.17, 15) is 22.8 Å². The van der Waals surface area contributed by atoms with Gasteiger partial charge in [-0.3, -0.25) is 9.59 Å². The molecule has 0 spiro atoms. The summed E-state index contributed by atoms with van der Waals surface area (Å²) in [5.74, 6) is 0.925. The second-order valence-corrected chi connectivity index (χ2v) is 9.76. The fourth-order valence-corrected chi connectivity index (χ4v) is 5.57. The Labute approximate surface area is 211 Å². The van der Waals surface area contributed by atoms with Crippen molar-refractivity contribution >= 4 is 23.0 Å².